The fraction of sp³-hybridized carbons (Fsp3) is 0.935. The van der Waals surface area contributed by atoms with E-state index in [1.165, 1.54) is 103 Å². The number of rotatable bonds is 28. The molecule has 214 valence electrons. The van der Waals surface area contributed by atoms with Crippen LogP contribution in [0.1, 0.15) is 155 Å². The smallest absolute Gasteiger partial charge is 0.219 e. The summed E-state index contributed by atoms with van der Waals surface area (Å²) in [4.78, 5) is 26.3. The summed E-state index contributed by atoms with van der Waals surface area (Å²) in [5.74, 6) is 0.408. The van der Waals surface area contributed by atoms with E-state index < -0.39 is 0 Å². The lowest BCUT2D eigenvalue weighted by molar-refractivity contribution is -0.122. The number of nitrogens with one attached hydrogen (secondary N) is 2. The van der Waals surface area contributed by atoms with Crippen molar-refractivity contribution in [1.82, 2.24) is 15.5 Å². The highest BCUT2D eigenvalue weighted by atomic mass is 16.2. The minimum atomic E-state index is 0.204. The van der Waals surface area contributed by atoms with Crippen LogP contribution in [0.2, 0.25) is 0 Å². The van der Waals surface area contributed by atoms with Crippen LogP contribution in [-0.2, 0) is 9.59 Å². The van der Waals surface area contributed by atoms with E-state index in [9.17, 15) is 9.59 Å². The lowest BCUT2D eigenvalue weighted by atomic mass is 10.1. The van der Waals surface area contributed by atoms with Gasteiger partial charge in [-0.3, -0.25) is 9.59 Å². The summed E-state index contributed by atoms with van der Waals surface area (Å²) in [5.41, 5.74) is 0. The van der Waals surface area contributed by atoms with Crippen molar-refractivity contribution in [3.8, 4) is 0 Å². The first-order chi connectivity index (χ1) is 17.6. The Kier molecular flexibility index (Phi) is 27.6. The van der Waals surface area contributed by atoms with Crippen LogP contribution in [0.25, 0.3) is 0 Å². The van der Waals surface area contributed by atoms with Gasteiger partial charge in [0.1, 0.15) is 0 Å². The van der Waals surface area contributed by atoms with E-state index in [2.05, 4.69) is 36.4 Å². The molecule has 0 aliphatic rings. The molecule has 2 N–H and O–H groups in total. The zero-order valence-electron chi connectivity index (χ0n) is 24.6. The lowest BCUT2D eigenvalue weighted by Gasteiger charge is -2.16. The largest absolute Gasteiger partial charge is 0.356 e. The Labute approximate surface area is 225 Å². The second kappa shape index (κ2) is 28.5. The molecule has 0 heterocycles. The van der Waals surface area contributed by atoms with E-state index in [-0.39, 0.29) is 11.8 Å². The van der Waals surface area contributed by atoms with Crippen LogP contribution in [0.4, 0.5) is 0 Å². The second-order valence-electron chi connectivity index (χ2n) is 10.9. The van der Waals surface area contributed by atoms with Gasteiger partial charge < -0.3 is 15.5 Å². The van der Waals surface area contributed by atoms with Gasteiger partial charge in [0.25, 0.3) is 0 Å². The highest BCUT2D eigenvalue weighted by Crippen LogP contribution is 2.11. The van der Waals surface area contributed by atoms with Crippen molar-refractivity contribution in [3.05, 3.63) is 0 Å². The van der Waals surface area contributed by atoms with Crippen LogP contribution in [-0.4, -0.2) is 49.9 Å². The number of carbonyl (C=O) groups is 2. The van der Waals surface area contributed by atoms with Gasteiger partial charge >= 0.3 is 0 Å². The van der Waals surface area contributed by atoms with Gasteiger partial charge in [-0.05, 0) is 45.8 Å². The summed E-state index contributed by atoms with van der Waals surface area (Å²) in [6.07, 6.45) is 26.4. The van der Waals surface area contributed by atoms with Crippen LogP contribution >= 0.6 is 0 Å². The Bertz CT molecular complexity index is 442. The van der Waals surface area contributed by atoms with E-state index >= 15 is 0 Å². The molecule has 0 aromatic rings. The molecule has 5 heteroatoms. The van der Waals surface area contributed by atoms with Crippen molar-refractivity contribution in [2.45, 2.75) is 155 Å². The number of carbonyl (C=O) groups excluding carboxylic acids is 2. The van der Waals surface area contributed by atoms with E-state index in [4.69, 9.17) is 0 Å². The molecular weight excluding hydrogens is 446 g/mol. The predicted molar refractivity (Wildman–Crippen MR) is 156 cm³/mol. The molecule has 0 unspecified atom stereocenters. The molecule has 0 saturated heterocycles. The molecule has 0 radical (unpaired) electrons. The van der Waals surface area contributed by atoms with Crippen LogP contribution in [0.15, 0.2) is 0 Å². The molecular formula is C31H63N3O2. The Morgan fingerprint density at radius 1 is 0.472 bits per heavy atom. The van der Waals surface area contributed by atoms with Gasteiger partial charge in [-0.15, -0.1) is 0 Å². The third-order valence-corrected chi connectivity index (χ3v) is 7.09. The van der Waals surface area contributed by atoms with E-state index in [0.717, 1.165) is 51.9 Å². The highest BCUT2D eigenvalue weighted by molar-refractivity contribution is 5.76. The summed E-state index contributed by atoms with van der Waals surface area (Å²) >= 11 is 0. The van der Waals surface area contributed by atoms with Gasteiger partial charge in [-0.25, -0.2) is 0 Å². The topological polar surface area (TPSA) is 61.4 Å². The van der Waals surface area contributed by atoms with Crippen molar-refractivity contribution in [2.24, 2.45) is 0 Å². The number of unbranched alkanes of at least 4 members (excludes halogenated alkanes) is 16. The number of amides is 2. The Balaban J connectivity index is 3.39. The van der Waals surface area contributed by atoms with Crippen molar-refractivity contribution in [1.29, 1.82) is 0 Å². The lowest BCUT2D eigenvalue weighted by Crippen LogP contribution is -2.30. The Hall–Kier alpha value is -1.10. The first-order valence-electron chi connectivity index (χ1n) is 15.8. The first-order valence-corrected chi connectivity index (χ1v) is 15.8. The molecule has 0 aliphatic carbocycles. The molecule has 0 fully saturated rings. The third kappa shape index (κ3) is 27.5. The Morgan fingerprint density at radius 3 is 1.11 bits per heavy atom. The second-order valence-corrected chi connectivity index (χ2v) is 10.9. The molecule has 0 saturated carbocycles. The summed E-state index contributed by atoms with van der Waals surface area (Å²) in [6.45, 7) is 7.99. The molecule has 0 bridgehead atoms. The van der Waals surface area contributed by atoms with Gasteiger partial charge in [-0.1, -0.05) is 117 Å². The fourth-order valence-electron chi connectivity index (χ4n) is 4.63. The molecule has 0 aromatic carbocycles. The average molecular weight is 510 g/mol. The number of hydrogen-bond acceptors (Lipinski definition) is 3. The Morgan fingerprint density at radius 2 is 0.778 bits per heavy atom. The van der Waals surface area contributed by atoms with E-state index in [1.807, 2.05) is 0 Å². The van der Waals surface area contributed by atoms with Crippen molar-refractivity contribution in [2.75, 3.05) is 33.2 Å². The first kappa shape index (κ1) is 34.9. The molecule has 0 aromatic heterocycles. The maximum Gasteiger partial charge on any atom is 0.219 e. The van der Waals surface area contributed by atoms with Crippen molar-refractivity contribution >= 4 is 11.8 Å². The maximum absolute atomic E-state index is 12.0. The normalized spacial score (nSPS) is 11.2. The minimum absolute atomic E-state index is 0.204. The zero-order chi connectivity index (χ0) is 26.5. The van der Waals surface area contributed by atoms with Gasteiger partial charge in [-0.2, -0.15) is 0 Å². The molecule has 0 aliphatic heterocycles. The molecule has 0 atom stereocenters. The molecule has 36 heavy (non-hydrogen) atoms. The molecule has 5 nitrogen and oxygen atoms in total. The van der Waals surface area contributed by atoms with Crippen LogP contribution in [0.3, 0.4) is 0 Å². The fourth-order valence-corrected chi connectivity index (χ4v) is 4.63. The quantitative estimate of drug-likeness (QED) is 0.106. The minimum Gasteiger partial charge on any atom is -0.356 e. The molecule has 2 amide bonds. The summed E-state index contributed by atoms with van der Waals surface area (Å²) in [7, 11) is 2.12. The van der Waals surface area contributed by atoms with Crippen LogP contribution in [0.5, 0.6) is 0 Å². The molecule has 0 rings (SSSR count). The molecule has 0 spiro atoms. The summed E-state index contributed by atoms with van der Waals surface area (Å²) < 4.78 is 0. The van der Waals surface area contributed by atoms with E-state index in [1.54, 1.807) is 0 Å². The maximum atomic E-state index is 12.0. The standard InChI is InChI=1S/C31H63N3O2/c1-4-6-8-10-12-14-16-18-20-24-30(35)32-26-22-28-34(3)29-23-27-33-31(36)25-21-19-17-15-13-11-9-7-5-2/h4-29H2,1-3H3,(H,32,35)(H,33,36). The highest BCUT2D eigenvalue weighted by Gasteiger charge is 2.04. The number of hydrogen-bond donors (Lipinski definition) is 2. The van der Waals surface area contributed by atoms with Crippen LogP contribution < -0.4 is 10.6 Å². The zero-order valence-corrected chi connectivity index (χ0v) is 24.6. The van der Waals surface area contributed by atoms with Gasteiger partial charge in [0.15, 0.2) is 0 Å². The van der Waals surface area contributed by atoms with Crippen molar-refractivity contribution < 1.29 is 9.59 Å². The average Bonchev–Trinajstić information content (AvgIpc) is 2.87. The van der Waals surface area contributed by atoms with Gasteiger partial charge in [0, 0.05) is 25.9 Å². The van der Waals surface area contributed by atoms with Crippen molar-refractivity contribution in [3.63, 3.8) is 0 Å². The van der Waals surface area contributed by atoms with Gasteiger partial charge in [0.2, 0.25) is 11.8 Å². The van der Waals surface area contributed by atoms with Gasteiger partial charge in [0.05, 0.1) is 0 Å². The number of nitrogens with zero attached hydrogens (tertiary/aromatic N) is 1. The van der Waals surface area contributed by atoms with E-state index in [0.29, 0.717) is 12.8 Å². The summed E-state index contributed by atoms with van der Waals surface area (Å²) in [5, 5.41) is 6.13. The third-order valence-electron chi connectivity index (χ3n) is 7.09. The SMILES string of the molecule is CCCCCCCCCCCC(=O)NCCCN(C)CCCNC(=O)CCCCCCCCCCC. The predicted octanol–water partition coefficient (Wildman–Crippen LogP) is 7.77. The van der Waals surface area contributed by atoms with Crippen LogP contribution in [0, 0.1) is 0 Å². The summed E-state index contributed by atoms with van der Waals surface area (Å²) in [6, 6.07) is 0. The monoisotopic (exact) mass is 509 g/mol.